The molecule has 0 saturated carbocycles. The maximum Gasteiger partial charge on any atom is 0.248 e. The van der Waals surface area contributed by atoms with Gasteiger partial charge in [0.25, 0.3) is 0 Å². The Morgan fingerprint density at radius 3 is 2.14 bits per heavy atom. The Balaban J connectivity index is 2.24. The molecule has 1 heterocycles. The molecule has 1 aliphatic rings. The summed E-state index contributed by atoms with van der Waals surface area (Å²) in [7, 11) is 0. The first kappa shape index (κ1) is 15.0. The van der Waals surface area contributed by atoms with Crippen LogP contribution in [0.1, 0.15) is 34.1 Å². The molecule has 0 aliphatic carbocycles. The number of rotatable bonds is 4. The number of primary amides is 2. The Labute approximate surface area is 122 Å². The summed E-state index contributed by atoms with van der Waals surface area (Å²) >= 11 is 0. The number of hydrogen-bond acceptors (Lipinski definition) is 4. The average Bonchev–Trinajstić information content (AvgIpc) is 2.84. The standard InChI is InChI=1S/C14H18N4O3/c1-7-11(2-3-17-7)14(21)18-10-5-8(12(15)19)4-9(6-10)13(16)20/h4-7,11,17H,2-3H2,1H3,(H2,15,19)(H2,16,20)(H,18,21). The van der Waals surface area contributed by atoms with Crippen LogP contribution in [-0.4, -0.2) is 30.3 Å². The minimum atomic E-state index is -0.690. The summed E-state index contributed by atoms with van der Waals surface area (Å²) in [5, 5.41) is 5.90. The Morgan fingerprint density at radius 1 is 1.14 bits per heavy atom. The highest BCUT2D eigenvalue weighted by atomic mass is 16.2. The molecule has 2 unspecified atom stereocenters. The summed E-state index contributed by atoms with van der Waals surface area (Å²) < 4.78 is 0. The predicted octanol–water partition coefficient (Wildman–Crippen LogP) is -0.179. The van der Waals surface area contributed by atoms with E-state index in [9.17, 15) is 14.4 Å². The SMILES string of the molecule is CC1NCCC1C(=O)Nc1cc(C(N)=O)cc(C(N)=O)c1. The normalized spacial score (nSPS) is 21.0. The highest BCUT2D eigenvalue weighted by Crippen LogP contribution is 2.20. The van der Waals surface area contributed by atoms with Crippen molar-refractivity contribution in [3.8, 4) is 0 Å². The van der Waals surface area contributed by atoms with Crippen LogP contribution in [0.5, 0.6) is 0 Å². The molecule has 1 aromatic rings. The summed E-state index contributed by atoms with van der Waals surface area (Å²) in [6, 6.07) is 4.25. The lowest BCUT2D eigenvalue weighted by atomic mass is 10.0. The maximum atomic E-state index is 12.2. The number of anilines is 1. The van der Waals surface area contributed by atoms with Crippen LogP contribution in [0, 0.1) is 5.92 Å². The fraction of sp³-hybridized carbons (Fsp3) is 0.357. The quantitative estimate of drug-likeness (QED) is 0.613. The minimum absolute atomic E-state index is 0.0833. The molecule has 0 aromatic heterocycles. The molecule has 2 atom stereocenters. The lowest BCUT2D eigenvalue weighted by molar-refractivity contribution is -0.120. The van der Waals surface area contributed by atoms with Crippen LogP contribution in [0.25, 0.3) is 0 Å². The molecule has 1 saturated heterocycles. The van der Waals surface area contributed by atoms with Crippen molar-refractivity contribution in [3.63, 3.8) is 0 Å². The van der Waals surface area contributed by atoms with Crippen molar-refractivity contribution in [2.75, 3.05) is 11.9 Å². The van der Waals surface area contributed by atoms with Crippen molar-refractivity contribution in [3.05, 3.63) is 29.3 Å². The van der Waals surface area contributed by atoms with Crippen LogP contribution in [0.15, 0.2) is 18.2 Å². The number of carbonyl (C=O) groups excluding carboxylic acids is 3. The molecule has 0 radical (unpaired) electrons. The summed E-state index contributed by atoms with van der Waals surface area (Å²) in [6.07, 6.45) is 0.741. The second-order valence-corrected chi connectivity index (χ2v) is 5.15. The maximum absolute atomic E-state index is 12.2. The van der Waals surface area contributed by atoms with E-state index in [2.05, 4.69) is 10.6 Å². The first-order valence-corrected chi connectivity index (χ1v) is 6.67. The topological polar surface area (TPSA) is 127 Å². The molecule has 1 aromatic carbocycles. The first-order valence-electron chi connectivity index (χ1n) is 6.67. The van der Waals surface area contributed by atoms with Crippen LogP contribution >= 0.6 is 0 Å². The second-order valence-electron chi connectivity index (χ2n) is 5.15. The van der Waals surface area contributed by atoms with Crippen molar-refractivity contribution in [2.24, 2.45) is 17.4 Å². The van der Waals surface area contributed by atoms with Crippen LogP contribution in [0.2, 0.25) is 0 Å². The van der Waals surface area contributed by atoms with E-state index in [1.807, 2.05) is 6.92 Å². The van der Waals surface area contributed by atoms with Crippen molar-refractivity contribution >= 4 is 23.4 Å². The van der Waals surface area contributed by atoms with Crippen LogP contribution in [-0.2, 0) is 4.79 Å². The lowest BCUT2D eigenvalue weighted by Gasteiger charge is -2.15. The summed E-state index contributed by atoms with van der Waals surface area (Å²) in [6.45, 7) is 2.72. The molecule has 7 heteroatoms. The number of carbonyl (C=O) groups is 3. The molecule has 112 valence electrons. The van der Waals surface area contributed by atoms with Gasteiger partial charge in [-0.3, -0.25) is 14.4 Å². The van der Waals surface area contributed by atoms with Crippen molar-refractivity contribution in [1.82, 2.24) is 5.32 Å². The summed E-state index contributed by atoms with van der Waals surface area (Å²) in [5.74, 6) is -1.70. The van der Waals surface area contributed by atoms with Gasteiger partial charge in [-0.1, -0.05) is 0 Å². The highest BCUT2D eigenvalue weighted by Gasteiger charge is 2.29. The van der Waals surface area contributed by atoms with Gasteiger partial charge < -0.3 is 22.1 Å². The monoisotopic (exact) mass is 290 g/mol. The Bertz CT molecular complexity index is 568. The molecule has 1 fully saturated rings. The van der Waals surface area contributed by atoms with Gasteiger partial charge in [-0.05, 0) is 38.1 Å². The van der Waals surface area contributed by atoms with Gasteiger partial charge in [0.05, 0.1) is 5.92 Å². The molecular weight excluding hydrogens is 272 g/mol. The van der Waals surface area contributed by atoms with E-state index in [-0.39, 0.29) is 29.0 Å². The van der Waals surface area contributed by atoms with E-state index in [0.29, 0.717) is 5.69 Å². The molecule has 2 rings (SSSR count). The van der Waals surface area contributed by atoms with Gasteiger partial charge in [-0.25, -0.2) is 0 Å². The van der Waals surface area contributed by atoms with Gasteiger partial charge in [-0.15, -0.1) is 0 Å². The first-order chi connectivity index (χ1) is 9.88. The third-order valence-corrected chi connectivity index (χ3v) is 3.63. The van der Waals surface area contributed by atoms with Gasteiger partial charge in [-0.2, -0.15) is 0 Å². The van der Waals surface area contributed by atoms with Crippen molar-refractivity contribution < 1.29 is 14.4 Å². The number of amides is 3. The predicted molar refractivity (Wildman–Crippen MR) is 77.7 cm³/mol. The number of nitrogens with one attached hydrogen (secondary N) is 2. The van der Waals surface area contributed by atoms with E-state index in [0.717, 1.165) is 13.0 Å². The highest BCUT2D eigenvalue weighted by molar-refractivity contribution is 6.02. The van der Waals surface area contributed by atoms with Crippen LogP contribution < -0.4 is 22.1 Å². The second kappa shape index (κ2) is 5.92. The molecule has 0 bridgehead atoms. The third-order valence-electron chi connectivity index (χ3n) is 3.63. The van der Waals surface area contributed by atoms with Crippen molar-refractivity contribution in [2.45, 2.75) is 19.4 Å². The van der Waals surface area contributed by atoms with Gasteiger partial charge in [0.1, 0.15) is 0 Å². The van der Waals surface area contributed by atoms with Gasteiger partial charge >= 0.3 is 0 Å². The third kappa shape index (κ3) is 3.38. The number of hydrogen-bond donors (Lipinski definition) is 4. The van der Waals surface area contributed by atoms with Gasteiger partial charge in [0, 0.05) is 22.9 Å². The molecule has 7 nitrogen and oxygen atoms in total. The molecule has 1 aliphatic heterocycles. The van der Waals surface area contributed by atoms with Gasteiger partial charge in [0.15, 0.2) is 0 Å². The van der Waals surface area contributed by atoms with Gasteiger partial charge in [0.2, 0.25) is 17.7 Å². The summed E-state index contributed by atoms with van der Waals surface area (Å²) in [4.78, 5) is 34.7. The van der Waals surface area contributed by atoms with E-state index < -0.39 is 11.8 Å². The number of nitrogens with two attached hydrogens (primary N) is 2. The molecule has 3 amide bonds. The van der Waals surface area contributed by atoms with E-state index in [4.69, 9.17) is 11.5 Å². The lowest BCUT2D eigenvalue weighted by Crippen LogP contribution is -2.32. The molecule has 6 N–H and O–H groups in total. The Kier molecular flexibility index (Phi) is 4.23. The number of benzene rings is 1. The van der Waals surface area contributed by atoms with Crippen LogP contribution in [0.3, 0.4) is 0 Å². The zero-order chi connectivity index (χ0) is 15.6. The Morgan fingerprint density at radius 2 is 1.71 bits per heavy atom. The molecule has 0 spiro atoms. The van der Waals surface area contributed by atoms with Crippen molar-refractivity contribution in [1.29, 1.82) is 0 Å². The molecule has 21 heavy (non-hydrogen) atoms. The zero-order valence-electron chi connectivity index (χ0n) is 11.7. The fourth-order valence-electron chi connectivity index (χ4n) is 2.44. The van der Waals surface area contributed by atoms with E-state index >= 15 is 0 Å². The minimum Gasteiger partial charge on any atom is -0.366 e. The zero-order valence-corrected chi connectivity index (χ0v) is 11.7. The average molecular weight is 290 g/mol. The molecular formula is C14H18N4O3. The Hall–Kier alpha value is -2.41. The van der Waals surface area contributed by atoms with Crippen LogP contribution in [0.4, 0.5) is 5.69 Å². The fourth-order valence-corrected chi connectivity index (χ4v) is 2.44. The van der Waals surface area contributed by atoms with E-state index in [1.165, 1.54) is 18.2 Å². The summed E-state index contributed by atoms with van der Waals surface area (Å²) in [5.41, 5.74) is 11.0. The smallest absolute Gasteiger partial charge is 0.248 e. The van der Waals surface area contributed by atoms with E-state index in [1.54, 1.807) is 0 Å². The largest absolute Gasteiger partial charge is 0.366 e.